The Kier molecular flexibility index (Phi) is 4.73. The van der Waals surface area contributed by atoms with Crippen molar-refractivity contribution in [3.8, 4) is 11.3 Å². The SMILES string of the molecule is CCC(CO)NC(=O)c1cnc2scc(-c3ccccc3)n2c1=O. The Hall–Kier alpha value is -2.51. The minimum absolute atomic E-state index is 0.0324. The van der Waals surface area contributed by atoms with Crippen LogP contribution in [0.3, 0.4) is 0 Å². The molecule has 7 heteroatoms. The lowest BCUT2D eigenvalue weighted by Gasteiger charge is -2.13. The molecule has 0 saturated heterocycles. The number of rotatable bonds is 5. The average molecular weight is 343 g/mol. The summed E-state index contributed by atoms with van der Waals surface area (Å²) in [6, 6.07) is 9.10. The number of fused-ring (bicyclic) bond motifs is 1. The first-order valence-corrected chi connectivity index (χ1v) is 8.50. The van der Waals surface area contributed by atoms with Crippen molar-refractivity contribution in [1.29, 1.82) is 0 Å². The zero-order valence-electron chi connectivity index (χ0n) is 13.1. The molecule has 0 aliphatic carbocycles. The number of hydrogen-bond acceptors (Lipinski definition) is 5. The largest absolute Gasteiger partial charge is 0.394 e. The van der Waals surface area contributed by atoms with Gasteiger partial charge in [0.15, 0.2) is 4.96 Å². The molecule has 6 nitrogen and oxygen atoms in total. The van der Waals surface area contributed by atoms with Gasteiger partial charge in [-0.3, -0.25) is 14.0 Å². The summed E-state index contributed by atoms with van der Waals surface area (Å²) in [6.45, 7) is 1.68. The summed E-state index contributed by atoms with van der Waals surface area (Å²) in [5.41, 5.74) is 1.14. The first-order valence-electron chi connectivity index (χ1n) is 7.62. The van der Waals surface area contributed by atoms with Crippen molar-refractivity contribution < 1.29 is 9.90 Å². The van der Waals surface area contributed by atoms with Crippen LogP contribution in [0.15, 0.2) is 46.7 Å². The Balaban J connectivity index is 2.08. The van der Waals surface area contributed by atoms with Gasteiger partial charge in [-0.05, 0) is 12.0 Å². The molecule has 2 heterocycles. The van der Waals surface area contributed by atoms with E-state index in [1.54, 1.807) is 0 Å². The van der Waals surface area contributed by atoms with Crippen molar-refractivity contribution in [2.75, 3.05) is 6.61 Å². The Labute approximate surface area is 142 Å². The molecular weight excluding hydrogens is 326 g/mol. The van der Waals surface area contributed by atoms with Crippen LogP contribution in [-0.4, -0.2) is 33.0 Å². The van der Waals surface area contributed by atoms with Crippen LogP contribution in [-0.2, 0) is 0 Å². The van der Waals surface area contributed by atoms with Crippen LogP contribution in [0.5, 0.6) is 0 Å². The molecule has 0 radical (unpaired) electrons. The molecule has 3 rings (SSSR count). The van der Waals surface area contributed by atoms with Crippen LogP contribution in [0.2, 0.25) is 0 Å². The molecule has 2 N–H and O–H groups in total. The van der Waals surface area contributed by atoms with Crippen molar-refractivity contribution in [1.82, 2.24) is 14.7 Å². The zero-order valence-corrected chi connectivity index (χ0v) is 13.9. The molecule has 1 amide bonds. The third-order valence-corrected chi connectivity index (χ3v) is 4.65. The minimum atomic E-state index is -0.520. The van der Waals surface area contributed by atoms with Crippen LogP contribution in [0.25, 0.3) is 16.2 Å². The summed E-state index contributed by atoms with van der Waals surface area (Å²) in [6.07, 6.45) is 1.87. The summed E-state index contributed by atoms with van der Waals surface area (Å²) in [5.74, 6) is -0.520. The van der Waals surface area contributed by atoms with Crippen LogP contribution < -0.4 is 10.9 Å². The Morgan fingerprint density at radius 2 is 2.12 bits per heavy atom. The fraction of sp³-hybridized carbons (Fsp3) is 0.235. The van der Waals surface area contributed by atoms with E-state index in [1.165, 1.54) is 21.9 Å². The molecule has 0 fully saturated rings. The van der Waals surface area contributed by atoms with Gasteiger partial charge in [0.1, 0.15) is 5.56 Å². The highest BCUT2D eigenvalue weighted by Crippen LogP contribution is 2.23. The van der Waals surface area contributed by atoms with E-state index in [9.17, 15) is 14.7 Å². The smallest absolute Gasteiger partial charge is 0.271 e. The molecule has 0 bridgehead atoms. The number of hydrogen-bond donors (Lipinski definition) is 2. The lowest BCUT2D eigenvalue weighted by Crippen LogP contribution is -2.40. The number of amides is 1. The van der Waals surface area contributed by atoms with E-state index in [1.807, 2.05) is 42.6 Å². The zero-order chi connectivity index (χ0) is 17.1. The second-order valence-electron chi connectivity index (χ2n) is 5.34. The Bertz CT molecular complexity index is 914. The number of nitrogens with one attached hydrogen (secondary N) is 1. The summed E-state index contributed by atoms with van der Waals surface area (Å²) >= 11 is 1.35. The monoisotopic (exact) mass is 343 g/mol. The molecule has 2 aromatic heterocycles. The quantitative estimate of drug-likeness (QED) is 0.741. The van der Waals surface area contributed by atoms with Crippen molar-refractivity contribution in [3.63, 3.8) is 0 Å². The fourth-order valence-corrected chi connectivity index (χ4v) is 3.26. The van der Waals surface area contributed by atoms with Crippen LogP contribution in [0.4, 0.5) is 0 Å². The summed E-state index contributed by atoms with van der Waals surface area (Å²) in [5, 5.41) is 13.7. The predicted octanol–water partition coefficient (Wildman–Crippen LogP) is 1.92. The van der Waals surface area contributed by atoms with E-state index in [0.717, 1.165) is 5.56 Å². The highest BCUT2D eigenvalue weighted by molar-refractivity contribution is 7.15. The van der Waals surface area contributed by atoms with Gasteiger partial charge < -0.3 is 10.4 Å². The summed E-state index contributed by atoms with van der Waals surface area (Å²) in [4.78, 5) is 29.9. The van der Waals surface area contributed by atoms with Crippen molar-refractivity contribution in [2.24, 2.45) is 0 Å². The summed E-state index contributed by atoms with van der Waals surface area (Å²) in [7, 11) is 0. The molecule has 1 unspecified atom stereocenters. The average Bonchev–Trinajstić information content (AvgIpc) is 3.05. The molecule has 3 aromatic rings. The van der Waals surface area contributed by atoms with Gasteiger partial charge in [0.05, 0.1) is 18.3 Å². The van der Waals surface area contributed by atoms with Crippen LogP contribution in [0, 0.1) is 0 Å². The first-order chi connectivity index (χ1) is 11.7. The van der Waals surface area contributed by atoms with E-state index in [0.29, 0.717) is 17.1 Å². The normalized spacial score (nSPS) is 12.2. The van der Waals surface area contributed by atoms with Crippen molar-refractivity contribution >= 4 is 22.2 Å². The number of aliphatic hydroxyl groups excluding tert-OH is 1. The number of aromatic nitrogens is 2. The molecule has 0 aliphatic rings. The number of nitrogens with zero attached hydrogens (tertiary/aromatic N) is 2. The number of carbonyl (C=O) groups excluding carboxylic acids is 1. The highest BCUT2D eigenvalue weighted by Gasteiger charge is 2.18. The van der Waals surface area contributed by atoms with Gasteiger partial charge in [-0.2, -0.15) is 0 Å². The van der Waals surface area contributed by atoms with Crippen LogP contribution in [0.1, 0.15) is 23.7 Å². The molecular formula is C17H17N3O3S. The van der Waals surface area contributed by atoms with E-state index >= 15 is 0 Å². The summed E-state index contributed by atoms with van der Waals surface area (Å²) < 4.78 is 1.45. The maximum Gasteiger partial charge on any atom is 0.271 e. The lowest BCUT2D eigenvalue weighted by atomic mass is 10.2. The molecule has 0 saturated carbocycles. The molecule has 0 spiro atoms. The molecule has 1 aromatic carbocycles. The van der Waals surface area contributed by atoms with E-state index in [4.69, 9.17) is 0 Å². The number of carbonyl (C=O) groups is 1. The maximum absolute atomic E-state index is 12.8. The third kappa shape index (κ3) is 2.95. The Morgan fingerprint density at radius 1 is 1.38 bits per heavy atom. The first kappa shape index (κ1) is 16.4. The number of aliphatic hydroxyl groups is 1. The van der Waals surface area contributed by atoms with Gasteiger partial charge >= 0.3 is 0 Å². The molecule has 0 aliphatic heterocycles. The molecule has 1 atom stereocenters. The fourth-order valence-electron chi connectivity index (χ4n) is 2.40. The van der Waals surface area contributed by atoms with Gasteiger partial charge in [-0.15, -0.1) is 11.3 Å². The Morgan fingerprint density at radius 3 is 2.79 bits per heavy atom. The standard InChI is InChI=1S/C17H17N3O3S/c1-2-12(9-21)19-15(22)13-8-18-17-20(16(13)23)14(10-24-17)11-6-4-3-5-7-11/h3-8,10,12,21H,2,9H2,1H3,(H,19,22). The lowest BCUT2D eigenvalue weighted by molar-refractivity contribution is 0.0913. The highest BCUT2D eigenvalue weighted by atomic mass is 32.1. The van der Waals surface area contributed by atoms with Crippen molar-refractivity contribution in [2.45, 2.75) is 19.4 Å². The minimum Gasteiger partial charge on any atom is -0.394 e. The van der Waals surface area contributed by atoms with Gasteiger partial charge in [-0.25, -0.2) is 4.98 Å². The van der Waals surface area contributed by atoms with Gasteiger partial charge in [0.25, 0.3) is 11.5 Å². The maximum atomic E-state index is 12.8. The second kappa shape index (κ2) is 6.94. The van der Waals surface area contributed by atoms with Crippen LogP contribution >= 0.6 is 11.3 Å². The van der Waals surface area contributed by atoms with Crippen molar-refractivity contribution in [3.05, 3.63) is 57.8 Å². The molecule has 24 heavy (non-hydrogen) atoms. The van der Waals surface area contributed by atoms with Gasteiger partial charge in [-0.1, -0.05) is 37.3 Å². The number of thiazole rings is 1. The topological polar surface area (TPSA) is 83.7 Å². The predicted molar refractivity (Wildman–Crippen MR) is 93.4 cm³/mol. The number of benzene rings is 1. The van der Waals surface area contributed by atoms with E-state index < -0.39 is 11.5 Å². The third-order valence-electron chi connectivity index (χ3n) is 3.81. The second-order valence-corrected chi connectivity index (χ2v) is 6.18. The van der Waals surface area contributed by atoms with E-state index in [2.05, 4.69) is 10.3 Å². The van der Waals surface area contributed by atoms with Gasteiger partial charge in [0, 0.05) is 11.6 Å². The van der Waals surface area contributed by atoms with Gasteiger partial charge in [0.2, 0.25) is 0 Å². The molecule has 124 valence electrons. The van der Waals surface area contributed by atoms with E-state index in [-0.39, 0.29) is 18.2 Å².